The maximum atomic E-state index is 9.52. The van der Waals surface area contributed by atoms with Crippen LogP contribution in [0.5, 0.6) is 0 Å². The van der Waals surface area contributed by atoms with Crippen LogP contribution < -0.4 is 0 Å². The number of hydrogen-bond donors (Lipinski definition) is 1. The number of hydrogen-bond acceptors (Lipinski definition) is 2. The highest BCUT2D eigenvalue weighted by atomic mass is 32.2. The summed E-state index contributed by atoms with van der Waals surface area (Å²) >= 11 is 1.93. The monoisotopic (exact) mass is 304 g/mol. The van der Waals surface area contributed by atoms with E-state index in [0.29, 0.717) is 5.25 Å². The quantitative estimate of drug-likeness (QED) is 0.514. The van der Waals surface area contributed by atoms with Crippen molar-refractivity contribution in [3.8, 4) is 0 Å². The average Bonchev–Trinajstić information content (AvgIpc) is 2.52. The fraction of sp³-hybridized carbons (Fsp3) is 0.200. The summed E-state index contributed by atoms with van der Waals surface area (Å²) in [6, 6.07) is 20.0. The van der Waals surface area contributed by atoms with E-state index in [4.69, 9.17) is 0 Å². The summed E-state index contributed by atoms with van der Waals surface area (Å²) < 4.78 is 0. The molecule has 0 bridgehead atoms. The zero-order chi connectivity index (χ0) is 14.7. The van der Waals surface area contributed by atoms with Gasteiger partial charge in [-0.05, 0) is 51.2 Å². The van der Waals surface area contributed by atoms with Crippen LogP contribution in [0.15, 0.2) is 59.5 Å². The second kappa shape index (κ2) is 4.61. The van der Waals surface area contributed by atoms with Gasteiger partial charge in [-0.25, -0.2) is 0 Å². The summed E-state index contributed by atoms with van der Waals surface area (Å²) in [5.74, 6) is 0. The zero-order valence-electron chi connectivity index (χ0n) is 12.1. The van der Waals surface area contributed by atoms with E-state index in [1.165, 1.54) is 37.2 Å². The number of benzene rings is 4. The Labute approximate surface area is 133 Å². The number of aliphatic hydroxyl groups excluding tert-OH is 1. The summed E-state index contributed by atoms with van der Waals surface area (Å²) in [5, 5.41) is 18.2. The third-order valence-electron chi connectivity index (χ3n) is 4.85. The Bertz CT molecular complexity index is 969. The normalized spacial score (nSPS) is 21.7. The molecule has 0 heterocycles. The first-order valence-corrected chi connectivity index (χ1v) is 8.69. The summed E-state index contributed by atoms with van der Waals surface area (Å²) in [7, 11) is 0. The topological polar surface area (TPSA) is 20.2 Å². The summed E-state index contributed by atoms with van der Waals surface area (Å²) in [4.78, 5) is 1.35. The van der Waals surface area contributed by atoms with Gasteiger partial charge in [0.1, 0.15) is 0 Å². The number of thioether (sulfide) groups is 1. The van der Waals surface area contributed by atoms with E-state index in [-0.39, 0.29) is 6.10 Å². The molecular weight excluding hydrogens is 288 g/mol. The predicted octanol–water partition coefficient (Wildman–Crippen LogP) is 5.20. The number of rotatable bonds is 2. The molecule has 5 rings (SSSR count). The van der Waals surface area contributed by atoms with Crippen molar-refractivity contribution in [2.45, 2.75) is 29.1 Å². The number of aliphatic hydroxyl groups is 1. The van der Waals surface area contributed by atoms with Gasteiger partial charge in [-0.2, -0.15) is 0 Å². The van der Waals surface area contributed by atoms with Crippen molar-refractivity contribution in [2.24, 2.45) is 0 Å². The average molecular weight is 304 g/mol. The van der Waals surface area contributed by atoms with Gasteiger partial charge < -0.3 is 5.11 Å². The summed E-state index contributed by atoms with van der Waals surface area (Å²) in [6.07, 6.45) is 1.76. The SMILES string of the molecule is OC1CC(Sc2ccc3ccc4cccc5ccc2c3c45)C1. The second-order valence-electron chi connectivity index (χ2n) is 6.28. The molecule has 1 saturated carbocycles. The Morgan fingerprint density at radius 2 is 1.41 bits per heavy atom. The molecule has 0 atom stereocenters. The zero-order valence-corrected chi connectivity index (χ0v) is 12.9. The minimum atomic E-state index is -0.0858. The highest BCUT2D eigenvalue weighted by molar-refractivity contribution is 8.00. The van der Waals surface area contributed by atoms with Crippen LogP contribution in [0.2, 0.25) is 0 Å². The molecule has 0 aromatic heterocycles. The highest BCUT2D eigenvalue weighted by Gasteiger charge is 2.28. The first-order chi connectivity index (χ1) is 10.8. The Hall–Kier alpha value is -1.77. The Morgan fingerprint density at radius 1 is 0.773 bits per heavy atom. The standard InChI is InChI=1S/C20H16OS/c21-15-10-16(11-15)22-18-9-7-14-5-4-12-2-1-3-13-6-8-17(18)20(14)19(12)13/h1-9,15-16,21H,10-11H2. The molecule has 1 aliphatic rings. The van der Waals surface area contributed by atoms with Crippen LogP contribution >= 0.6 is 11.8 Å². The molecule has 0 radical (unpaired) electrons. The largest absolute Gasteiger partial charge is 0.393 e. The summed E-state index contributed by atoms with van der Waals surface area (Å²) in [6.45, 7) is 0. The predicted molar refractivity (Wildman–Crippen MR) is 95.0 cm³/mol. The molecule has 4 aromatic carbocycles. The Kier molecular flexibility index (Phi) is 2.67. The van der Waals surface area contributed by atoms with Crippen LogP contribution in [0.4, 0.5) is 0 Å². The van der Waals surface area contributed by atoms with Crippen molar-refractivity contribution in [1.29, 1.82) is 0 Å². The lowest BCUT2D eigenvalue weighted by Gasteiger charge is -2.31. The molecule has 1 fully saturated rings. The molecule has 4 aromatic rings. The molecule has 0 spiro atoms. The molecule has 2 heteroatoms. The maximum Gasteiger partial charge on any atom is 0.0561 e. The minimum Gasteiger partial charge on any atom is -0.393 e. The van der Waals surface area contributed by atoms with Gasteiger partial charge in [0.25, 0.3) is 0 Å². The van der Waals surface area contributed by atoms with Gasteiger partial charge in [0, 0.05) is 10.1 Å². The lowest BCUT2D eigenvalue weighted by atomic mass is 9.94. The van der Waals surface area contributed by atoms with Crippen LogP contribution in [-0.2, 0) is 0 Å². The van der Waals surface area contributed by atoms with Crippen molar-refractivity contribution in [3.05, 3.63) is 54.6 Å². The molecule has 1 aliphatic carbocycles. The first-order valence-electron chi connectivity index (χ1n) is 7.81. The Balaban J connectivity index is 1.78. The van der Waals surface area contributed by atoms with Crippen LogP contribution in [-0.4, -0.2) is 16.5 Å². The summed E-state index contributed by atoms with van der Waals surface area (Å²) in [5.41, 5.74) is 0. The van der Waals surface area contributed by atoms with E-state index < -0.39 is 0 Å². The lowest BCUT2D eigenvalue weighted by molar-refractivity contribution is 0.101. The third-order valence-corrected chi connectivity index (χ3v) is 6.18. The van der Waals surface area contributed by atoms with Crippen LogP contribution in [0.1, 0.15) is 12.8 Å². The lowest BCUT2D eigenvalue weighted by Crippen LogP contribution is -2.30. The van der Waals surface area contributed by atoms with E-state index in [2.05, 4.69) is 54.6 Å². The van der Waals surface area contributed by atoms with Crippen LogP contribution in [0.3, 0.4) is 0 Å². The van der Waals surface area contributed by atoms with E-state index in [1.807, 2.05) is 11.8 Å². The van der Waals surface area contributed by atoms with E-state index in [0.717, 1.165) is 12.8 Å². The smallest absolute Gasteiger partial charge is 0.0561 e. The van der Waals surface area contributed by atoms with Gasteiger partial charge in [-0.1, -0.05) is 48.5 Å². The molecule has 0 amide bonds. The fourth-order valence-electron chi connectivity index (χ4n) is 3.62. The van der Waals surface area contributed by atoms with Crippen molar-refractivity contribution in [2.75, 3.05) is 0 Å². The molecule has 1 nitrogen and oxygen atoms in total. The highest BCUT2D eigenvalue weighted by Crippen LogP contribution is 2.43. The van der Waals surface area contributed by atoms with Gasteiger partial charge in [0.05, 0.1) is 6.10 Å². The molecule has 0 saturated heterocycles. The van der Waals surface area contributed by atoms with E-state index in [1.54, 1.807) is 0 Å². The maximum absolute atomic E-state index is 9.52. The van der Waals surface area contributed by atoms with Gasteiger partial charge in [-0.15, -0.1) is 11.8 Å². The van der Waals surface area contributed by atoms with Crippen molar-refractivity contribution >= 4 is 44.1 Å². The first kappa shape index (κ1) is 12.7. The molecule has 0 aliphatic heterocycles. The molecule has 0 unspecified atom stereocenters. The van der Waals surface area contributed by atoms with Crippen molar-refractivity contribution < 1.29 is 5.11 Å². The van der Waals surface area contributed by atoms with Gasteiger partial charge in [-0.3, -0.25) is 0 Å². The molecule has 22 heavy (non-hydrogen) atoms. The fourth-order valence-corrected chi connectivity index (χ4v) is 5.06. The van der Waals surface area contributed by atoms with Crippen molar-refractivity contribution in [1.82, 2.24) is 0 Å². The molecule has 108 valence electrons. The molecule has 1 N–H and O–H groups in total. The molecular formula is C20H16OS. The minimum absolute atomic E-state index is 0.0858. The van der Waals surface area contributed by atoms with Gasteiger partial charge in [0.2, 0.25) is 0 Å². The Morgan fingerprint density at radius 3 is 2.14 bits per heavy atom. The van der Waals surface area contributed by atoms with Gasteiger partial charge >= 0.3 is 0 Å². The van der Waals surface area contributed by atoms with Gasteiger partial charge in [0.15, 0.2) is 0 Å². The second-order valence-corrected chi connectivity index (χ2v) is 7.63. The van der Waals surface area contributed by atoms with Crippen molar-refractivity contribution in [3.63, 3.8) is 0 Å². The van der Waals surface area contributed by atoms with E-state index >= 15 is 0 Å². The third kappa shape index (κ3) is 1.77. The van der Waals surface area contributed by atoms with Crippen LogP contribution in [0.25, 0.3) is 32.3 Å². The van der Waals surface area contributed by atoms with Crippen LogP contribution in [0, 0.1) is 0 Å². The van der Waals surface area contributed by atoms with E-state index in [9.17, 15) is 5.11 Å².